The van der Waals surface area contributed by atoms with Gasteiger partial charge >= 0.3 is 0 Å². The Morgan fingerprint density at radius 1 is 1.22 bits per heavy atom. The van der Waals surface area contributed by atoms with Crippen molar-refractivity contribution < 1.29 is 4.74 Å². The van der Waals surface area contributed by atoms with Crippen LogP contribution in [-0.4, -0.2) is 36.2 Å². The third-order valence-corrected chi connectivity index (χ3v) is 2.74. The Kier molecular flexibility index (Phi) is 5.87. The Hall–Kier alpha value is -0.820. The van der Waals surface area contributed by atoms with Crippen LogP contribution in [0.3, 0.4) is 0 Å². The number of nitrogens with two attached hydrogens (primary N) is 1. The lowest BCUT2D eigenvalue weighted by Gasteiger charge is -2.35. The van der Waals surface area contributed by atoms with Crippen LogP contribution in [0.5, 0.6) is 0 Å². The van der Waals surface area contributed by atoms with Gasteiger partial charge in [0.15, 0.2) is 5.96 Å². The van der Waals surface area contributed by atoms with Crippen LogP contribution in [0.15, 0.2) is 35.3 Å². The molecular formula is C13H20IN3O. The zero-order valence-corrected chi connectivity index (χ0v) is 13.1. The first-order valence-corrected chi connectivity index (χ1v) is 5.95. The number of morpholine rings is 1. The van der Waals surface area contributed by atoms with E-state index in [-0.39, 0.29) is 36.2 Å². The smallest absolute Gasteiger partial charge is 0.196 e. The number of hydrogen-bond donors (Lipinski definition) is 1. The van der Waals surface area contributed by atoms with Crippen LogP contribution in [0.4, 0.5) is 5.69 Å². The van der Waals surface area contributed by atoms with Crippen molar-refractivity contribution in [3.63, 3.8) is 0 Å². The van der Waals surface area contributed by atoms with Crippen molar-refractivity contribution in [1.82, 2.24) is 4.90 Å². The van der Waals surface area contributed by atoms with Gasteiger partial charge in [0.1, 0.15) is 0 Å². The van der Waals surface area contributed by atoms with Gasteiger partial charge in [-0.15, -0.1) is 24.0 Å². The molecule has 1 aromatic rings. The molecule has 0 spiro atoms. The van der Waals surface area contributed by atoms with E-state index < -0.39 is 0 Å². The lowest BCUT2D eigenvalue weighted by Crippen LogP contribution is -2.50. The minimum atomic E-state index is 0. The van der Waals surface area contributed by atoms with Crippen molar-refractivity contribution in [3.05, 3.63) is 30.3 Å². The van der Waals surface area contributed by atoms with E-state index in [0.717, 1.165) is 18.8 Å². The molecule has 1 aliphatic rings. The molecule has 4 nitrogen and oxygen atoms in total. The van der Waals surface area contributed by atoms with Crippen molar-refractivity contribution in [2.45, 2.75) is 26.1 Å². The molecule has 2 N–H and O–H groups in total. The van der Waals surface area contributed by atoms with E-state index in [2.05, 4.69) is 23.7 Å². The Morgan fingerprint density at radius 3 is 2.33 bits per heavy atom. The topological polar surface area (TPSA) is 50.8 Å². The first-order chi connectivity index (χ1) is 8.15. The van der Waals surface area contributed by atoms with Crippen molar-refractivity contribution in [1.29, 1.82) is 0 Å². The Bertz CT molecular complexity index is 386. The van der Waals surface area contributed by atoms with Crippen molar-refractivity contribution in [3.8, 4) is 0 Å². The number of aliphatic imine (C=N–C) groups is 1. The SMILES string of the molecule is CC1CN(C(N)=Nc2ccccc2)CC(C)O1.I. The number of guanidine groups is 1. The van der Waals surface area contributed by atoms with Crippen molar-refractivity contribution in [2.24, 2.45) is 10.7 Å². The molecule has 0 saturated carbocycles. The normalized spacial score (nSPS) is 24.6. The average Bonchev–Trinajstić information content (AvgIpc) is 2.29. The average molecular weight is 361 g/mol. The maximum absolute atomic E-state index is 6.03. The maximum atomic E-state index is 6.03. The molecule has 0 radical (unpaired) electrons. The minimum absolute atomic E-state index is 0. The third kappa shape index (κ3) is 4.13. The predicted octanol–water partition coefficient (Wildman–Crippen LogP) is 2.36. The summed E-state index contributed by atoms with van der Waals surface area (Å²) in [4.78, 5) is 6.49. The van der Waals surface area contributed by atoms with Gasteiger partial charge < -0.3 is 15.4 Å². The van der Waals surface area contributed by atoms with Gasteiger partial charge in [-0.1, -0.05) is 18.2 Å². The fourth-order valence-electron chi connectivity index (χ4n) is 2.07. The van der Waals surface area contributed by atoms with Gasteiger partial charge in [-0.2, -0.15) is 0 Å². The quantitative estimate of drug-likeness (QED) is 0.475. The molecule has 2 atom stereocenters. The first kappa shape index (κ1) is 15.2. The molecule has 1 aromatic carbocycles. The lowest BCUT2D eigenvalue weighted by atomic mass is 10.2. The van der Waals surface area contributed by atoms with Crippen molar-refractivity contribution >= 4 is 35.6 Å². The summed E-state index contributed by atoms with van der Waals surface area (Å²) in [5, 5.41) is 0. The van der Waals surface area contributed by atoms with Crippen LogP contribution in [0, 0.1) is 0 Å². The van der Waals surface area contributed by atoms with Gasteiger partial charge in [-0.05, 0) is 26.0 Å². The van der Waals surface area contributed by atoms with E-state index in [1.165, 1.54) is 0 Å². The number of para-hydroxylation sites is 1. The summed E-state index contributed by atoms with van der Waals surface area (Å²) in [6.07, 6.45) is 0.395. The van der Waals surface area contributed by atoms with Gasteiger partial charge in [0.2, 0.25) is 0 Å². The van der Waals surface area contributed by atoms with E-state index in [0.29, 0.717) is 5.96 Å². The highest BCUT2D eigenvalue weighted by Gasteiger charge is 2.23. The summed E-state index contributed by atoms with van der Waals surface area (Å²) in [7, 11) is 0. The minimum Gasteiger partial charge on any atom is -0.372 e. The molecule has 18 heavy (non-hydrogen) atoms. The van der Waals surface area contributed by atoms with Crippen LogP contribution in [-0.2, 0) is 4.74 Å². The van der Waals surface area contributed by atoms with Crippen LogP contribution >= 0.6 is 24.0 Å². The van der Waals surface area contributed by atoms with Gasteiger partial charge in [-0.3, -0.25) is 0 Å². The van der Waals surface area contributed by atoms with E-state index in [9.17, 15) is 0 Å². The van der Waals surface area contributed by atoms with E-state index in [1.54, 1.807) is 0 Å². The Balaban J connectivity index is 0.00000162. The molecule has 2 rings (SSSR count). The molecular weight excluding hydrogens is 341 g/mol. The largest absolute Gasteiger partial charge is 0.372 e. The summed E-state index contributed by atoms with van der Waals surface area (Å²) in [6, 6.07) is 9.77. The summed E-state index contributed by atoms with van der Waals surface area (Å²) < 4.78 is 5.66. The Labute approximate surface area is 125 Å². The standard InChI is InChI=1S/C13H19N3O.HI/c1-10-8-16(9-11(2)17-10)13(14)15-12-6-4-3-5-7-12;/h3-7,10-11H,8-9H2,1-2H3,(H2,14,15);1H. The van der Waals surface area contributed by atoms with Gasteiger partial charge in [0.25, 0.3) is 0 Å². The lowest BCUT2D eigenvalue weighted by molar-refractivity contribution is -0.0483. The molecule has 100 valence electrons. The highest BCUT2D eigenvalue weighted by molar-refractivity contribution is 14.0. The van der Waals surface area contributed by atoms with E-state index in [4.69, 9.17) is 10.5 Å². The number of benzene rings is 1. The highest BCUT2D eigenvalue weighted by Crippen LogP contribution is 2.13. The molecule has 1 fully saturated rings. The van der Waals surface area contributed by atoms with Gasteiger partial charge in [-0.25, -0.2) is 4.99 Å². The van der Waals surface area contributed by atoms with Crippen molar-refractivity contribution in [2.75, 3.05) is 13.1 Å². The zero-order valence-electron chi connectivity index (χ0n) is 10.7. The molecule has 0 aliphatic carbocycles. The summed E-state index contributed by atoms with van der Waals surface area (Å²) in [6.45, 7) is 5.70. The predicted molar refractivity (Wildman–Crippen MR) is 84.7 cm³/mol. The third-order valence-electron chi connectivity index (χ3n) is 2.74. The van der Waals surface area contributed by atoms with Gasteiger partial charge in [0, 0.05) is 13.1 Å². The summed E-state index contributed by atoms with van der Waals surface area (Å²) in [5.41, 5.74) is 6.91. The molecule has 0 amide bonds. The molecule has 1 saturated heterocycles. The number of nitrogens with zero attached hydrogens (tertiary/aromatic N) is 2. The van der Waals surface area contributed by atoms with Gasteiger partial charge in [0.05, 0.1) is 17.9 Å². The summed E-state index contributed by atoms with van der Waals surface area (Å²) >= 11 is 0. The van der Waals surface area contributed by atoms with Crippen LogP contribution in [0.2, 0.25) is 0 Å². The number of hydrogen-bond acceptors (Lipinski definition) is 2. The molecule has 2 unspecified atom stereocenters. The maximum Gasteiger partial charge on any atom is 0.196 e. The molecule has 0 aromatic heterocycles. The molecule has 1 aliphatic heterocycles. The Morgan fingerprint density at radius 2 is 1.78 bits per heavy atom. The van der Waals surface area contributed by atoms with Crippen LogP contribution in [0.1, 0.15) is 13.8 Å². The highest BCUT2D eigenvalue weighted by atomic mass is 127. The van der Waals surface area contributed by atoms with Crippen LogP contribution in [0.25, 0.3) is 0 Å². The number of ether oxygens (including phenoxy) is 1. The number of halogens is 1. The second-order valence-electron chi connectivity index (χ2n) is 4.47. The first-order valence-electron chi connectivity index (χ1n) is 5.95. The molecule has 1 heterocycles. The van der Waals surface area contributed by atoms with E-state index in [1.807, 2.05) is 30.3 Å². The van der Waals surface area contributed by atoms with E-state index >= 15 is 0 Å². The fraction of sp³-hybridized carbons (Fsp3) is 0.462. The number of rotatable bonds is 1. The molecule has 0 bridgehead atoms. The fourth-order valence-corrected chi connectivity index (χ4v) is 2.07. The summed E-state index contributed by atoms with van der Waals surface area (Å²) in [5.74, 6) is 0.568. The second kappa shape index (κ2) is 6.94. The zero-order chi connectivity index (χ0) is 12.3. The monoisotopic (exact) mass is 361 g/mol. The molecule has 5 heteroatoms. The second-order valence-corrected chi connectivity index (χ2v) is 4.47. The van der Waals surface area contributed by atoms with Crippen LogP contribution < -0.4 is 5.73 Å².